The number of amides is 1. The fraction of sp³-hybridized carbons (Fsp3) is 0.308. The van der Waals surface area contributed by atoms with Crippen molar-refractivity contribution in [2.24, 2.45) is 0 Å². The lowest BCUT2D eigenvalue weighted by Crippen LogP contribution is -2.37. The van der Waals surface area contributed by atoms with Gasteiger partial charge in [-0.15, -0.1) is 0 Å². The van der Waals surface area contributed by atoms with Gasteiger partial charge in [-0.2, -0.15) is 13.2 Å². The molecule has 2 N–H and O–H groups in total. The van der Waals surface area contributed by atoms with Gasteiger partial charge in [-0.25, -0.2) is 0 Å². The van der Waals surface area contributed by atoms with E-state index in [1.54, 1.807) is 0 Å². The van der Waals surface area contributed by atoms with Crippen molar-refractivity contribution in [1.29, 1.82) is 0 Å². The fourth-order valence-corrected chi connectivity index (χ4v) is 1.92. The average Bonchev–Trinajstić information content (AvgIpc) is 2.76. The molecule has 0 radical (unpaired) electrons. The zero-order valence-corrected chi connectivity index (χ0v) is 10.1. The molecule has 1 aromatic heterocycles. The Morgan fingerprint density at radius 1 is 1.26 bits per heavy atom. The SMILES string of the molecule is O=C(NCCCc1c[nH]c2ccccc12)C(F)(F)F. The predicted molar refractivity (Wildman–Crippen MR) is 65.7 cm³/mol. The molecule has 0 saturated heterocycles. The second kappa shape index (κ2) is 5.34. The summed E-state index contributed by atoms with van der Waals surface area (Å²) in [5, 5.41) is 2.92. The lowest BCUT2D eigenvalue weighted by molar-refractivity contribution is -0.173. The summed E-state index contributed by atoms with van der Waals surface area (Å²) in [6.07, 6.45) is -1.89. The lowest BCUT2D eigenvalue weighted by Gasteiger charge is -2.07. The molecule has 0 atom stereocenters. The second-order valence-electron chi connectivity index (χ2n) is 4.22. The monoisotopic (exact) mass is 270 g/mol. The maximum Gasteiger partial charge on any atom is 0.471 e. The first-order valence-electron chi connectivity index (χ1n) is 5.88. The molecule has 0 spiro atoms. The van der Waals surface area contributed by atoms with E-state index in [0.717, 1.165) is 16.5 Å². The van der Waals surface area contributed by atoms with Crippen LogP contribution in [-0.2, 0) is 11.2 Å². The largest absolute Gasteiger partial charge is 0.471 e. The maximum atomic E-state index is 11.9. The molecule has 0 unspecified atom stereocenters. The van der Waals surface area contributed by atoms with Crippen LogP contribution < -0.4 is 5.32 Å². The minimum atomic E-state index is -4.80. The Hall–Kier alpha value is -1.98. The van der Waals surface area contributed by atoms with Gasteiger partial charge >= 0.3 is 12.1 Å². The molecule has 0 aliphatic heterocycles. The van der Waals surface area contributed by atoms with E-state index in [-0.39, 0.29) is 6.54 Å². The number of hydrogen-bond acceptors (Lipinski definition) is 1. The molecule has 0 bridgehead atoms. The van der Waals surface area contributed by atoms with E-state index >= 15 is 0 Å². The Bertz CT molecular complexity index is 575. The van der Waals surface area contributed by atoms with Crippen molar-refractivity contribution < 1.29 is 18.0 Å². The van der Waals surface area contributed by atoms with Crippen LogP contribution in [0.2, 0.25) is 0 Å². The molecule has 0 aliphatic carbocycles. The van der Waals surface area contributed by atoms with E-state index in [9.17, 15) is 18.0 Å². The number of alkyl halides is 3. The molecule has 0 aliphatic rings. The summed E-state index contributed by atoms with van der Waals surface area (Å²) in [6.45, 7) is 0.0118. The number of carbonyl (C=O) groups excluding carboxylic acids is 1. The molecule has 2 aromatic rings. The molecular weight excluding hydrogens is 257 g/mol. The lowest BCUT2D eigenvalue weighted by atomic mass is 10.1. The van der Waals surface area contributed by atoms with Crippen LogP contribution in [0, 0.1) is 0 Å². The van der Waals surface area contributed by atoms with Gasteiger partial charge in [0.1, 0.15) is 0 Å². The number of nitrogens with one attached hydrogen (secondary N) is 2. The third-order valence-corrected chi connectivity index (χ3v) is 2.84. The standard InChI is InChI=1S/C13H13F3N2O/c14-13(15,16)12(19)17-7-3-4-9-8-18-11-6-2-1-5-10(9)11/h1-2,5-6,8,18H,3-4,7H2,(H,17,19). The van der Waals surface area contributed by atoms with Crippen molar-refractivity contribution in [2.75, 3.05) is 6.54 Å². The smallest absolute Gasteiger partial charge is 0.361 e. The summed E-state index contributed by atoms with van der Waals surface area (Å²) in [5.74, 6) is -1.88. The van der Waals surface area contributed by atoms with Crippen molar-refractivity contribution >= 4 is 16.8 Å². The number of para-hydroxylation sites is 1. The van der Waals surface area contributed by atoms with Gasteiger partial charge in [-0.1, -0.05) is 18.2 Å². The van der Waals surface area contributed by atoms with E-state index in [0.29, 0.717) is 12.8 Å². The van der Waals surface area contributed by atoms with Gasteiger partial charge < -0.3 is 10.3 Å². The molecule has 2 rings (SSSR count). The van der Waals surface area contributed by atoms with Crippen molar-refractivity contribution in [3.05, 3.63) is 36.0 Å². The van der Waals surface area contributed by atoms with Crippen LogP contribution in [0.25, 0.3) is 10.9 Å². The molecule has 0 saturated carbocycles. The van der Waals surface area contributed by atoms with Gasteiger partial charge in [-0.05, 0) is 24.5 Å². The van der Waals surface area contributed by atoms with Crippen molar-refractivity contribution in [1.82, 2.24) is 10.3 Å². The zero-order chi connectivity index (χ0) is 13.9. The van der Waals surface area contributed by atoms with Crippen LogP contribution in [0.4, 0.5) is 13.2 Å². The normalized spacial score (nSPS) is 11.7. The third kappa shape index (κ3) is 3.27. The van der Waals surface area contributed by atoms with Gasteiger partial charge in [0.15, 0.2) is 0 Å². The van der Waals surface area contributed by atoms with Gasteiger partial charge in [0.05, 0.1) is 0 Å². The van der Waals surface area contributed by atoms with Crippen LogP contribution in [0.5, 0.6) is 0 Å². The molecule has 102 valence electrons. The average molecular weight is 270 g/mol. The number of hydrogen-bond donors (Lipinski definition) is 2. The van der Waals surface area contributed by atoms with E-state index in [2.05, 4.69) is 4.98 Å². The summed E-state index contributed by atoms with van der Waals surface area (Å²) < 4.78 is 35.8. The maximum absolute atomic E-state index is 11.9. The number of aromatic nitrogens is 1. The number of benzene rings is 1. The van der Waals surface area contributed by atoms with E-state index in [4.69, 9.17) is 0 Å². The van der Waals surface area contributed by atoms with Crippen LogP contribution >= 0.6 is 0 Å². The third-order valence-electron chi connectivity index (χ3n) is 2.84. The first-order chi connectivity index (χ1) is 8.98. The van der Waals surface area contributed by atoms with Crippen LogP contribution in [0.15, 0.2) is 30.5 Å². The molecule has 0 fully saturated rings. The Balaban J connectivity index is 1.85. The summed E-state index contributed by atoms with van der Waals surface area (Å²) in [4.78, 5) is 13.7. The first-order valence-corrected chi connectivity index (χ1v) is 5.88. The minimum Gasteiger partial charge on any atom is -0.361 e. The molecule has 19 heavy (non-hydrogen) atoms. The highest BCUT2D eigenvalue weighted by Crippen LogP contribution is 2.19. The van der Waals surface area contributed by atoms with Crippen molar-refractivity contribution in [3.63, 3.8) is 0 Å². The number of halogens is 3. The summed E-state index contributed by atoms with van der Waals surface area (Å²) in [5.41, 5.74) is 2.04. The molecule has 1 heterocycles. The fourth-order valence-electron chi connectivity index (χ4n) is 1.92. The highest BCUT2D eigenvalue weighted by molar-refractivity contribution is 5.83. The zero-order valence-electron chi connectivity index (χ0n) is 10.1. The van der Waals surface area contributed by atoms with Crippen LogP contribution in [-0.4, -0.2) is 23.6 Å². The Morgan fingerprint density at radius 3 is 2.74 bits per heavy atom. The molecular formula is C13H13F3N2O. The van der Waals surface area contributed by atoms with E-state index in [1.807, 2.05) is 35.8 Å². The Kier molecular flexibility index (Phi) is 3.78. The van der Waals surface area contributed by atoms with Crippen LogP contribution in [0.1, 0.15) is 12.0 Å². The minimum absolute atomic E-state index is 0.0118. The number of fused-ring (bicyclic) bond motifs is 1. The predicted octanol–water partition coefficient (Wildman–Crippen LogP) is 2.78. The molecule has 3 nitrogen and oxygen atoms in total. The number of aryl methyl sites for hydroxylation is 1. The number of carbonyl (C=O) groups is 1. The Morgan fingerprint density at radius 2 is 2.00 bits per heavy atom. The second-order valence-corrected chi connectivity index (χ2v) is 4.22. The van der Waals surface area contributed by atoms with Gasteiger partial charge in [0.25, 0.3) is 0 Å². The Labute approximate surface area is 107 Å². The van der Waals surface area contributed by atoms with Crippen molar-refractivity contribution in [2.45, 2.75) is 19.0 Å². The quantitative estimate of drug-likeness (QED) is 0.824. The highest BCUT2D eigenvalue weighted by Gasteiger charge is 2.38. The molecule has 1 amide bonds. The highest BCUT2D eigenvalue weighted by atomic mass is 19.4. The van der Waals surface area contributed by atoms with Crippen molar-refractivity contribution in [3.8, 4) is 0 Å². The van der Waals surface area contributed by atoms with E-state index < -0.39 is 12.1 Å². The number of H-pyrrole nitrogens is 1. The van der Waals surface area contributed by atoms with Gasteiger partial charge in [-0.3, -0.25) is 4.79 Å². The molecule has 1 aromatic carbocycles. The van der Waals surface area contributed by atoms with Gasteiger partial charge in [0, 0.05) is 23.6 Å². The first kappa shape index (κ1) is 13.5. The number of aromatic amines is 1. The van der Waals surface area contributed by atoms with E-state index in [1.165, 1.54) is 0 Å². The topological polar surface area (TPSA) is 44.9 Å². The van der Waals surface area contributed by atoms with Crippen LogP contribution in [0.3, 0.4) is 0 Å². The summed E-state index contributed by atoms with van der Waals surface area (Å²) in [6, 6.07) is 7.71. The van der Waals surface area contributed by atoms with Gasteiger partial charge in [0.2, 0.25) is 0 Å². The summed E-state index contributed by atoms with van der Waals surface area (Å²) >= 11 is 0. The summed E-state index contributed by atoms with van der Waals surface area (Å²) in [7, 11) is 0. The number of rotatable bonds is 4. The molecule has 6 heteroatoms.